The predicted molar refractivity (Wildman–Crippen MR) is 53.5 cm³/mol. The van der Waals surface area contributed by atoms with Crippen LogP contribution in [-0.4, -0.2) is 30.3 Å². The minimum absolute atomic E-state index is 0.247. The molecular formula is C9H19N3O. The molecule has 0 unspecified atom stereocenters. The molecule has 0 heterocycles. The number of aliphatic hydroxyl groups is 1. The van der Waals surface area contributed by atoms with Crippen molar-refractivity contribution >= 4 is 5.96 Å². The zero-order valence-electron chi connectivity index (χ0n) is 8.16. The first kappa shape index (κ1) is 10.3. The van der Waals surface area contributed by atoms with E-state index in [0.717, 1.165) is 12.8 Å². The average molecular weight is 185 g/mol. The smallest absolute Gasteiger partial charge is 0.188 e. The largest absolute Gasteiger partial charge is 0.396 e. The lowest BCUT2D eigenvalue weighted by Crippen LogP contribution is -2.42. The van der Waals surface area contributed by atoms with Crippen molar-refractivity contribution in [1.82, 2.24) is 5.32 Å². The van der Waals surface area contributed by atoms with E-state index < -0.39 is 0 Å². The maximum Gasteiger partial charge on any atom is 0.188 e. The van der Waals surface area contributed by atoms with Crippen LogP contribution in [0.2, 0.25) is 0 Å². The lowest BCUT2D eigenvalue weighted by atomic mass is 10.1. The maximum absolute atomic E-state index is 9.06. The van der Waals surface area contributed by atoms with Crippen molar-refractivity contribution in [3.05, 3.63) is 0 Å². The van der Waals surface area contributed by atoms with E-state index in [1.165, 1.54) is 6.42 Å². The van der Waals surface area contributed by atoms with Gasteiger partial charge in [0, 0.05) is 25.1 Å². The Morgan fingerprint density at radius 1 is 1.62 bits per heavy atom. The van der Waals surface area contributed by atoms with Crippen molar-refractivity contribution in [3.8, 4) is 0 Å². The topological polar surface area (TPSA) is 70.6 Å². The first-order valence-electron chi connectivity index (χ1n) is 4.95. The van der Waals surface area contributed by atoms with Crippen LogP contribution >= 0.6 is 0 Å². The van der Waals surface area contributed by atoms with Crippen LogP contribution in [0.25, 0.3) is 0 Å². The van der Waals surface area contributed by atoms with Gasteiger partial charge in [0.25, 0.3) is 0 Å². The zero-order valence-corrected chi connectivity index (χ0v) is 8.16. The van der Waals surface area contributed by atoms with E-state index in [0.29, 0.717) is 24.5 Å². The molecule has 0 spiro atoms. The van der Waals surface area contributed by atoms with Crippen LogP contribution in [0, 0.1) is 5.92 Å². The Morgan fingerprint density at radius 2 is 2.38 bits per heavy atom. The molecule has 0 saturated heterocycles. The number of nitrogens with one attached hydrogen (secondary N) is 1. The normalized spacial score (nSPS) is 29.2. The minimum Gasteiger partial charge on any atom is -0.396 e. The van der Waals surface area contributed by atoms with Crippen molar-refractivity contribution in [3.63, 3.8) is 0 Å². The standard InChI is InChI=1S/C9H19N3O/c1-2-11-9(10)12-8-5-3-4-7(8)6-13/h7-8,13H,2-6H2,1H3,(H3,10,11,12)/t7-,8-/m1/s1. The number of rotatable bonds is 3. The lowest BCUT2D eigenvalue weighted by Gasteiger charge is -2.19. The quantitative estimate of drug-likeness (QED) is 0.430. The van der Waals surface area contributed by atoms with E-state index in [4.69, 9.17) is 10.8 Å². The van der Waals surface area contributed by atoms with Crippen molar-refractivity contribution in [2.24, 2.45) is 16.6 Å². The van der Waals surface area contributed by atoms with Crippen molar-refractivity contribution < 1.29 is 5.11 Å². The Hall–Kier alpha value is -0.770. The van der Waals surface area contributed by atoms with Gasteiger partial charge in [0.15, 0.2) is 5.96 Å². The number of nitrogens with two attached hydrogens (primary N) is 1. The molecule has 1 saturated carbocycles. The number of hydrogen-bond acceptors (Lipinski definition) is 2. The number of guanidine groups is 1. The van der Waals surface area contributed by atoms with Gasteiger partial charge in [-0.3, -0.25) is 4.99 Å². The van der Waals surface area contributed by atoms with Crippen LogP contribution in [0.15, 0.2) is 4.99 Å². The summed E-state index contributed by atoms with van der Waals surface area (Å²) in [4.78, 5) is 4.06. The summed E-state index contributed by atoms with van der Waals surface area (Å²) in [7, 11) is 0. The molecule has 0 aromatic rings. The Bertz CT molecular complexity index is 182. The SMILES string of the molecule is CCN=C(N)N[C@@H]1CCC[C@@H]1CO. The molecule has 0 amide bonds. The van der Waals surface area contributed by atoms with Crippen LogP contribution < -0.4 is 11.1 Å². The third-order valence-electron chi connectivity index (χ3n) is 2.56. The summed E-state index contributed by atoms with van der Waals surface area (Å²) in [6.45, 7) is 2.90. The first-order chi connectivity index (χ1) is 6.27. The van der Waals surface area contributed by atoms with Crippen LogP contribution in [0.4, 0.5) is 0 Å². The van der Waals surface area contributed by atoms with Gasteiger partial charge in [-0.25, -0.2) is 0 Å². The fourth-order valence-corrected chi connectivity index (χ4v) is 1.85. The second kappa shape index (κ2) is 5.07. The van der Waals surface area contributed by atoms with E-state index in [2.05, 4.69) is 10.3 Å². The molecule has 2 atom stereocenters. The summed E-state index contributed by atoms with van der Waals surface area (Å²) in [6, 6.07) is 0.320. The molecule has 4 heteroatoms. The fraction of sp³-hybridized carbons (Fsp3) is 0.889. The van der Waals surface area contributed by atoms with Crippen LogP contribution in [-0.2, 0) is 0 Å². The van der Waals surface area contributed by atoms with Gasteiger partial charge >= 0.3 is 0 Å². The molecule has 4 nitrogen and oxygen atoms in total. The second-order valence-corrected chi connectivity index (χ2v) is 3.48. The molecule has 76 valence electrons. The van der Waals surface area contributed by atoms with Gasteiger partial charge in [-0.05, 0) is 19.8 Å². The minimum atomic E-state index is 0.247. The summed E-state index contributed by atoms with van der Waals surface area (Å²) < 4.78 is 0. The van der Waals surface area contributed by atoms with Gasteiger partial charge in [-0.15, -0.1) is 0 Å². The van der Waals surface area contributed by atoms with Gasteiger partial charge in [0.2, 0.25) is 0 Å². The lowest BCUT2D eigenvalue weighted by molar-refractivity contribution is 0.212. The molecule has 4 N–H and O–H groups in total. The highest BCUT2D eigenvalue weighted by Crippen LogP contribution is 2.24. The number of nitrogens with zero attached hydrogens (tertiary/aromatic N) is 1. The molecule has 0 bridgehead atoms. The van der Waals surface area contributed by atoms with E-state index in [1.54, 1.807) is 0 Å². The maximum atomic E-state index is 9.06. The second-order valence-electron chi connectivity index (χ2n) is 3.48. The summed E-state index contributed by atoms with van der Waals surface area (Å²) in [5, 5.41) is 12.2. The molecule has 1 fully saturated rings. The van der Waals surface area contributed by atoms with Gasteiger partial charge in [-0.1, -0.05) is 6.42 Å². The number of aliphatic imine (C=N–C) groups is 1. The van der Waals surface area contributed by atoms with Crippen LogP contribution in [0.3, 0.4) is 0 Å². The van der Waals surface area contributed by atoms with Crippen molar-refractivity contribution in [2.75, 3.05) is 13.2 Å². The molecule has 0 aromatic carbocycles. The van der Waals surface area contributed by atoms with Gasteiger partial charge in [-0.2, -0.15) is 0 Å². The highest BCUT2D eigenvalue weighted by atomic mass is 16.3. The van der Waals surface area contributed by atoms with Gasteiger partial charge < -0.3 is 16.2 Å². The first-order valence-corrected chi connectivity index (χ1v) is 4.95. The molecular weight excluding hydrogens is 166 g/mol. The Balaban J connectivity index is 2.39. The third kappa shape index (κ3) is 2.88. The monoisotopic (exact) mass is 185 g/mol. The van der Waals surface area contributed by atoms with Crippen LogP contribution in [0.5, 0.6) is 0 Å². The summed E-state index contributed by atoms with van der Waals surface area (Å²) in [5.74, 6) is 0.860. The number of aliphatic hydroxyl groups excluding tert-OH is 1. The summed E-state index contributed by atoms with van der Waals surface area (Å²) >= 11 is 0. The molecule has 0 radical (unpaired) electrons. The molecule has 1 aliphatic carbocycles. The van der Waals surface area contributed by atoms with E-state index >= 15 is 0 Å². The van der Waals surface area contributed by atoms with Gasteiger partial charge in [0.05, 0.1) is 0 Å². The zero-order chi connectivity index (χ0) is 9.68. The van der Waals surface area contributed by atoms with E-state index in [-0.39, 0.29) is 6.61 Å². The number of hydrogen-bond donors (Lipinski definition) is 3. The van der Waals surface area contributed by atoms with E-state index in [9.17, 15) is 0 Å². The fourth-order valence-electron chi connectivity index (χ4n) is 1.85. The molecule has 1 aliphatic rings. The summed E-state index contributed by atoms with van der Waals surface area (Å²) in [5.41, 5.74) is 5.64. The van der Waals surface area contributed by atoms with Gasteiger partial charge in [0.1, 0.15) is 0 Å². The molecule has 0 aliphatic heterocycles. The van der Waals surface area contributed by atoms with Crippen LogP contribution in [0.1, 0.15) is 26.2 Å². The molecule has 0 aromatic heterocycles. The Morgan fingerprint density at radius 3 is 3.00 bits per heavy atom. The van der Waals surface area contributed by atoms with Crippen molar-refractivity contribution in [2.45, 2.75) is 32.2 Å². The third-order valence-corrected chi connectivity index (χ3v) is 2.56. The summed E-state index contributed by atoms with van der Waals surface area (Å²) in [6.07, 6.45) is 3.35. The highest BCUT2D eigenvalue weighted by molar-refractivity contribution is 5.78. The Labute approximate surface area is 79.2 Å². The highest BCUT2D eigenvalue weighted by Gasteiger charge is 2.26. The molecule has 1 rings (SSSR count). The predicted octanol–water partition coefficient (Wildman–Crippen LogP) is 0.0716. The Kier molecular flexibility index (Phi) is 4.02. The van der Waals surface area contributed by atoms with E-state index in [1.807, 2.05) is 6.92 Å². The van der Waals surface area contributed by atoms with Crippen molar-refractivity contribution in [1.29, 1.82) is 0 Å². The average Bonchev–Trinajstić information content (AvgIpc) is 2.52. The molecule has 13 heavy (non-hydrogen) atoms.